The Labute approximate surface area is 196 Å². The quantitative estimate of drug-likeness (QED) is 0.542. The number of nitrogens with one attached hydrogen (secondary N) is 2. The minimum Gasteiger partial charge on any atom is -0.354 e. The highest BCUT2D eigenvalue weighted by Gasteiger charge is 2.24. The Bertz CT molecular complexity index is 881. The molecule has 0 radical (unpaired) electrons. The van der Waals surface area contributed by atoms with Crippen molar-refractivity contribution in [2.24, 2.45) is 5.92 Å². The van der Waals surface area contributed by atoms with Gasteiger partial charge in [-0.3, -0.25) is 14.5 Å². The minimum absolute atomic E-state index is 0.0629. The van der Waals surface area contributed by atoms with Gasteiger partial charge in [-0.05, 0) is 48.7 Å². The molecule has 3 rings (SSSR count). The largest absolute Gasteiger partial charge is 0.354 e. The van der Waals surface area contributed by atoms with E-state index in [9.17, 15) is 14.0 Å². The van der Waals surface area contributed by atoms with Crippen molar-refractivity contribution in [2.75, 3.05) is 39.3 Å². The van der Waals surface area contributed by atoms with Gasteiger partial charge in [0.05, 0.1) is 0 Å². The molecule has 178 valence electrons. The molecule has 2 aromatic rings. The van der Waals surface area contributed by atoms with Gasteiger partial charge in [-0.1, -0.05) is 44.2 Å². The van der Waals surface area contributed by atoms with Crippen LogP contribution in [0, 0.1) is 11.7 Å². The molecule has 1 aliphatic heterocycles. The molecule has 2 aromatic carbocycles. The summed E-state index contributed by atoms with van der Waals surface area (Å²) in [6.07, 6.45) is 0.862. The Balaban J connectivity index is 1.35. The maximum absolute atomic E-state index is 13.1. The summed E-state index contributed by atoms with van der Waals surface area (Å²) < 4.78 is 13.1. The van der Waals surface area contributed by atoms with Crippen LogP contribution in [0.3, 0.4) is 0 Å². The maximum atomic E-state index is 13.1. The summed E-state index contributed by atoms with van der Waals surface area (Å²) >= 11 is 0. The van der Waals surface area contributed by atoms with E-state index < -0.39 is 11.9 Å². The number of hydrogen-bond acceptors (Lipinski definition) is 4. The number of benzene rings is 2. The molecule has 1 heterocycles. The van der Waals surface area contributed by atoms with Crippen LogP contribution in [0.1, 0.15) is 36.2 Å². The highest BCUT2D eigenvalue weighted by molar-refractivity contribution is 5.97. The van der Waals surface area contributed by atoms with Crippen LogP contribution >= 0.6 is 0 Å². The zero-order chi connectivity index (χ0) is 23.6. The summed E-state index contributed by atoms with van der Waals surface area (Å²) in [7, 11) is 0. The van der Waals surface area contributed by atoms with Crippen molar-refractivity contribution in [3.05, 3.63) is 71.5 Å². The first-order valence-corrected chi connectivity index (χ1v) is 11.7. The number of rotatable bonds is 10. The fraction of sp³-hybridized carbons (Fsp3) is 0.462. The van der Waals surface area contributed by atoms with Gasteiger partial charge in [-0.25, -0.2) is 4.39 Å². The predicted octanol–water partition coefficient (Wildman–Crippen LogP) is 2.90. The van der Waals surface area contributed by atoms with E-state index in [2.05, 4.69) is 44.7 Å². The molecule has 1 saturated heterocycles. The summed E-state index contributed by atoms with van der Waals surface area (Å²) in [5, 5.41) is 5.74. The Morgan fingerprint density at radius 3 is 2.21 bits per heavy atom. The van der Waals surface area contributed by atoms with E-state index >= 15 is 0 Å². The molecule has 0 aromatic heterocycles. The number of nitrogens with zero attached hydrogens (tertiary/aromatic N) is 2. The monoisotopic (exact) mass is 454 g/mol. The molecule has 6 nitrogen and oxygen atoms in total. The van der Waals surface area contributed by atoms with E-state index in [-0.39, 0.29) is 17.7 Å². The van der Waals surface area contributed by atoms with Crippen LogP contribution in [0.2, 0.25) is 0 Å². The predicted molar refractivity (Wildman–Crippen MR) is 128 cm³/mol. The summed E-state index contributed by atoms with van der Waals surface area (Å²) in [6, 6.07) is 15.2. The molecule has 33 heavy (non-hydrogen) atoms. The molecule has 2 N–H and O–H groups in total. The third-order valence-corrected chi connectivity index (χ3v) is 6.01. The van der Waals surface area contributed by atoms with E-state index in [1.54, 1.807) is 0 Å². The Morgan fingerprint density at radius 2 is 1.58 bits per heavy atom. The molecule has 0 saturated carbocycles. The molecule has 1 atom stereocenters. The third kappa shape index (κ3) is 7.94. The van der Waals surface area contributed by atoms with E-state index in [1.165, 1.54) is 29.8 Å². The van der Waals surface area contributed by atoms with Gasteiger partial charge in [-0.2, -0.15) is 0 Å². The second kappa shape index (κ2) is 12.5. The molecular formula is C26H35FN4O2. The normalized spacial score (nSPS) is 15.9. The second-order valence-electron chi connectivity index (χ2n) is 8.95. The molecule has 2 amide bonds. The number of amides is 2. The van der Waals surface area contributed by atoms with E-state index in [0.29, 0.717) is 12.1 Å². The zero-order valence-electron chi connectivity index (χ0n) is 19.6. The van der Waals surface area contributed by atoms with Crippen LogP contribution in [-0.2, 0) is 11.3 Å². The van der Waals surface area contributed by atoms with E-state index in [4.69, 9.17) is 0 Å². The molecule has 1 aliphatic rings. The molecule has 0 spiro atoms. The smallest absolute Gasteiger partial charge is 0.251 e. The van der Waals surface area contributed by atoms with Crippen LogP contribution in [0.5, 0.6) is 0 Å². The van der Waals surface area contributed by atoms with Gasteiger partial charge in [0.15, 0.2) is 0 Å². The number of carbonyl (C=O) groups is 2. The van der Waals surface area contributed by atoms with E-state index in [0.717, 1.165) is 45.7 Å². The lowest BCUT2D eigenvalue weighted by molar-refractivity contribution is -0.123. The number of hydrogen-bond donors (Lipinski definition) is 2. The van der Waals surface area contributed by atoms with Crippen LogP contribution in [0.4, 0.5) is 4.39 Å². The second-order valence-corrected chi connectivity index (χ2v) is 8.95. The van der Waals surface area contributed by atoms with Gasteiger partial charge in [0.1, 0.15) is 11.9 Å². The van der Waals surface area contributed by atoms with Crippen LogP contribution in [-0.4, -0.2) is 66.9 Å². The molecule has 7 heteroatoms. The number of carbonyl (C=O) groups excluding carboxylic acids is 2. The van der Waals surface area contributed by atoms with E-state index in [1.807, 2.05) is 19.9 Å². The lowest BCUT2D eigenvalue weighted by atomic mass is 10.0. The Morgan fingerprint density at radius 1 is 0.939 bits per heavy atom. The van der Waals surface area contributed by atoms with Crippen LogP contribution in [0.25, 0.3) is 0 Å². The van der Waals surface area contributed by atoms with Crippen molar-refractivity contribution < 1.29 is 14.0 Å². The highest BCUT2D eigenvalue weighted by atomic mass is 19.1. The third-order valence-electron chi connectivity index (χ3n) is 6.01. The minimum atomic E-state index is -0.635. The lowest BCUT2D eigenvalue weighted by Gasteiger charge is -2.34. The number of piperazine rings is 1. The Kier molecular flexibility index (Phi) is 9.39. The standard InChI is InChI=1S/C26H35FN4O2/c1-20(2)24(29-25(32)22-9-11-23(27)12-10-22)26(33)28-13-6-14-30-15-17-31(18-16-30)19-21-7-4-3-5-8-21/h3-5,7-12,20,24H,6,13-19H2,1-2H3,(H,28,33)(H,29,32). The summed E-state index contributed by atoms with van der Waals surface area (Å²) in [4.78, 5) is 30.0. The number of halogens is 1. The van der Waals surface area contributed by atoms with Crippen LogP contribution in [0.15, 0.2) is 54.6 Å². The summed E-state index contributed by atoms with van der Waals surface area (Å²) in [5.41, 5.74) is 1.68. The molecule has 1 fully saturated rings. The summed E-state index contributed by atoms with van der Waals surface area (Å²) in [5.74, 6) is -1.03. The fourth-order valence-electron chi connectivity index (χ4n) is 4.00. The average Bonchev–Trinajstić information content (AvgIpc) is 2.82. The van der Waals surface area contributed by atoms with Crippen LogP contribution < -0.4 is 10.6 Å². The molecule has 0 bridgehead atoms. The first-order chi connectivity index (χ1) is 15.9. The van der Waals surface area contributed by atoms with Crippen molar-refractivity contribution in [1.29, 1.82) is 0 Å². The van der Waals surface area contributed by atoms with Gasteiger partial charge in [0.25, 0.3) is 5.91 Å². The Hall–Kier alpha value is -2.77. The SMILES string of the molecule is CC(C)C(NC(=O)c1ccc(F)cc1)C(=O)NCCCN1CCN(Cc2ccccc2)CC1. The van der Waals surface area contributed by atoms with Crippen molar-refractivity contribution >= 4 is 11.8 Å². The first kappa shape index (κ1) is 24.9. The molecule has 1 unspecified atom stereocenters. The van der Waals surface area contributed by atoms with Crippen molar-refractivity contribution in [3.63, 3.8) is 0 Å². The van der Waals surface area contributed by atoms with Crippen molar-refractivity contribution in [3.8, 4) is 0 Å². The van der Waals surface area contributed by atoms with Crippen molar-refractivity contribution in [1.82, 2.24) is 20.4 Å². The van der Waals surface area contributed by atoms with Gasteiger partial charge < -0.3 is 15.5 Å². The molecule has 0 aliphatic carbocycles. The topological polar surface area (TPSA) is 64.7 Å². The fourth-order valence-corrected chi connectivity index (χ4v) is 4.00. The lowest BCUT2D eigenvalue weighted by Crippen LogP contribution is -2.50. The van der Waals surface area contributed by atoms with Gasteiger partial charge >= 0.3 is 0 Å². The molecular weight excluding hydrogens is 419 g/mol. The first-order valence-electron chi connectivity index (χ1n) is 11.7. The maximum Gasteiger partial charge on any atom is 0.251 e. The summed E-state index contributed by atoms with van der Waals surface area (Å²) in [6.45, 7) is 10.4. The van der Waals surface area contributed by atoms with Gasteiger partial charge in [0, 0.05) is 44.8 Å². The zero-order valence-corrected chi connectivity index (χ0v) is 19.6. The van der Waals surface area contributed by atoms with Gasteiger partial charge in [-0.15, -0.1) is 0 Å². The highest BCUT2D eigenvalue weighted by Crippen LogP contribution is 2.09. The van der Waals surface area contributed by atoms with Gasteiger partial charge in [0.2, 0.25) is 5.91 Å². The van der Waals surface area contributed by atoms with Crippen molar-refractivity contribution in [2.45, 2.75) is 32.9 Å². The average molecular weight is 455 g/mol.